The van der Waals surface area contributed by atoms with Gasteiger partial charge in [0.15, 0.2) is 5.65 Å². The van der Waals surface area contributed by atoms with Crippen molar-refractivity contribution in [1.29, 1.82) is 0 Å². The van der Waals surface area contributed by atoms with Gasteiger partial charge in [0.2, 0.25) is 5.95 Å². The Hall–Kier alpha value is -2.82. The second-order valence-electron chi connectivity index (χ2n) is 7.52. The number of pyridine rings is 1. The van der Waals surface area contributed by atoms with Crippen molar-refractivity contribution >= 4 is 38.6 Å². The van der Waals surface area contributed by atoms with E-state index in [9.17, 15) is 8.42 Å². The van der Waals surface area contributed by atoms with Crippen LogP contribution in [0.1, 0.15) is 18.9 Å². The SMILES string of the molecule is CS(=O)(=O)O.Cc1nc(-c2ccccc2)c(-c2ccc3nc(N)n(CC(C)C)c3n2)s1. The largest absolute Gasteiger partial charge is 0.369 e. The maximum atomic E-state index is 9.19. The van der Waals surface area contributed by atoms with E-state index in [0.29, 0.717) is 18.1 Å². The predicted octanol–water partition coefficient (Wildman–Crippen LogP) is 4.27. The van der Waals surface area contributed by atoms with Gasteiger partial charge in [-0.2, -0.15) is 8.42 Å². The second-order valence-corrected chi connectivity index (χ2v) is 10.2. The lowest BCUT2D eigenvalue weighted by Crippen LogP contribution is -2.08. The van der Waals surface area contributed by atoms with E-state index in [4.69, 9.17) is 20.3 Å². The fraction of sp³-hybridized carbons (Fsp3) is 0.286. The summed E-state index contributed by atoms with van der Waals surface area (Å²) in [6, 6.07) is 14.2. The van der Waals surface area contributed by atoms with Crippen LogP contribution in [0.25, 0.3) is 33.0 Å². The van der Waals surface area contributed by atoms with Gasteiger partial charge < -0.3 is 5.73 Å². The standard InChI is InChI=1S/C20H21N5S.CH4O3S/c1-12(2)11-25-19-16(24-20(25)21)10-9-15(23-19)18-17(22-13(3)26-18)14-7-5-4-6-8-14;1-5(2,3)4/h4-10,12H,11H2,1-3H3,(H2,21,24);1H3,(H,2,3,4). The van der Waals surface area contributed by atoms with Gasteiger partial charge in [0.05, 0.1) is 27.5 Å². The molecule has 0 amide bonds. The fourth-order valence-electron chi connectivity index (χ4n) is 3.08. The van der Waals surface area contributed by atoms with E-state index in [0.717, 1.165) is 44.5 Å². The van der Waals surface area contributed by atoms with E-state index < -0.39 is 10.1 Å². The zero-order valence-corrected chi connectivity index (χ0v) is 19.4. The Balaban J connectivity index is 0.000000491. The Morgan fingerprint density at radius 1 is 1.10 bits per heavy atom. The summed E-state index contributed by atoms with van der Waals surface area (Å²) in [5, 5.41) is 1.02. The van der Waals surface area contributed by atoms with Gasteiger partial charge in [0.1, 0.15) is 5.52 Å². The topological polar surface area (TPSA) is 124 Å². The molecule has 1 aromatic carbocycles. The Morgan fingerprint density at radius 2 is 1.74 bits per heavy atom. The molecule has 4 aromatic rings. The van der Waals surface area contributed by atoms with E-state index in [2.05, 4.69) is 31.0 Å². The van der Waals surface area contributed by atoms with E-state index in [1.54, 1.807) is 11.3 Å². The van der Waals surface area contributed by atoms with Crippen molar-refractivity contribution < 1.29 is 13.0 Å². The molecule has 8 nitrogen and oxygen atoms in total. The summed E-state index contributed by atoms with van der Waals surface area (Å²) < 4.78 is 27.9. The number of benzene rings is 1. The van der Waals surface area contributed by atoms with Gasteiger partial charge in [-0.15, -0.1) is 11.3 Å². The summed E-state index contributed by atoms with van der Waals surface area (Å²) >= 11 is 1.66. The first-order chi connectivity index (χ1) is 14.5. The lowest BCUT2D eigenvalue weighted by molar-refractivity contribution is 0.490. The molecule has 4 rings (SSSR count). The average Bonchev–Trinajstić information content (AvgIpc) is 3.21. The first-order valence-electron chi connectivity index (χ1n) is 9.61. The normalized spacial score (nSPS) is 11.5. The van der Waals surface area contributed by atoms with Gasteiger partial charge in [-0.3, -0.25) is 9.12 Å². The molecule has 0 saturated carbocycles. The lowest BCUT2D eigenvalue weighted by atomic mass is 10.1. The van der Waals surface area contributed by atoms with E-state index >= 15 is 0 Å². The number of hydrogen-bond donors (Lipinski definition) is 2. The van der Waals surface area contributed by atoms with Crippen molar-refractivity contribution in [2.45, 2.75) is 27.3 Å². The summed E-state index contributed by atoms with van der Waals surface area (Å²) in [5.41, 5.74) is 10.8. The number of hydrogen-bond acceptors (Lipinski definition) is 7. The van der Waals surface area contributed by atoms with Crippen molar-refractivity contribution in [1.82, 2.24) is 19.5 Å². The van der Waals surface area contributed by atoms with Crippen molar-refractivity contribution in [3.63, 3.8) is 0 Å². The lowest BCUT2D eigenvalue weighted by Gasteiger charge is -2.09. The van der Waals surface area contributed by atoms with Crippen LogP contribution >= 0.6 is 11.3 Å². The molecule has 3 aromatic heterocycles. The monoisotopic (exact) mass is 459 g/mol. The first kappa shape index (κ1) is 22.9. The minimum absolute atomic E-state index is 0.464. The van der Waals surface area contributed by atoms with Crippen LogP contribution in [-0.2, 0) is 16.7 Å². The van der Waals surface area contributed by atoms with E-state index in [-0.39, 0.29) is 0 Å². The number of nitrogens with two attached hydrogens (primary N) is 1. The Morgan fingerprint density at radius 3 is 2.35 bits per heavy atom. The summed E-state index contributed by atoms with van der Waals surface area (Å²) in [6.45, 7) is 7.15. The van der Waals surface area contributed by atoms with Crippen LogP contribution in [-0.4, -0.2) is 38.7 Å². The van der Waals surface area contributed by atoms with Crippen LogP contribution in [0.4, 0.5) is 5.95 Å². The number of aromatic nitrogens is 4. The molecular weight excluding hydrogens is 434 g/mol. The summed E-state index contributed by atoms with van der Waals surface area (Å²) in [6.07, 6.45) is 0.715. The molecular formula is C21H25N5O3S2. The average molecular weight is 460 g/mol. The molecule has 0 spiro atoms. The van der Waals surface area contributed by atoms with Gasteiger partial charge in [-0.1, -0.05) is 44.2 Å². The smallest absolute Gasteiger partial charge is 0.261 e. The van der Waals surface area contributed by atoms with Crippen LogP contribution in [0.5, 0.6) is 0 Å². The third-order valence-electron chi connectivity index (χ3n) is 4.18. The van der Waals surface area contributed by atoms with Crippen LogP contribution < -0.4 is 5.73 Å². The fourth-order valence-corrected chi connectivity index (χ4v) is 3.99. The van der Waals surface area contributed by atoms with Gasteiger partial charge >= 0.3 is 0 Å². The molecule has 0 saturated heterocycles. The van der Waals surface area contributed by atoms with Gasteiger partial charge in [0, 0.05) is 12.1 Å². The molecule has 10 heteroatoms. The summed E-state index contributed by atoms with van der Waals surface area (Å²) in [4.78, 5) is 15.2. The summed E-state index contributed by atoms with van der Waals surface area (Å²) in [7, 11) is -3.67. The van der Waals surface area contributed by atoms with Crippen molar-refractivity contribution in [3.05, 3.63) is 47.5 Å². The predicted molar refractivity (Wildman–Crippen MR) is 126 cm³/mol. The molecule has 3 heterocycles. The highest BCUT2D eigenvalue weighted by molar-refractivity contribution is 7.85. The molecule has 0 aliphatic rings. The van der Waals surface area contributed by atoms with Gasteiger partial charge in [0.25, 0.3) is 10.1 Å². The second kappa shape index (κ2) is 9.13. The quantitative estimate of drug-likeness (QED) is 0.437. The molecule has 31 heavy (non-hydrogen) atoms. The Bertz CT molecular complexity index is 1290. The number of imidazole rings is 1. The molecule has 0 aliphatic heterocycles. The zero-order valence-electron chi connectivity index (χ0n) is 17.8. The molecule has 0 aliphatic carbocycles. The zero-order chi connectivity index (χ0) is 22.8. The highest BCUT2D eigenvalue weighted by Gasteiger charge is 2.17. The maximum absolute atomic E-state index is 9.19. The molecule has 164 valence electrons. The third kappa shape index (κ3) is 5.87. The molecule has 0 radical (unpaired) electrons. The number of fused-ring (bicyclic) bond motifs is 1. The highest BCUT2D eigenvalue weighted by Crippen LogP contribution is 2.36. The van der Waals surface area contributed by atoms with Gasteiger partial charge in [-0.25, -0.2) is 15.0 Å². The molecule has 3 N–H and O–H groups in total. The van der Waals surface area contributed by atoms with E-state index in [1.165, 1.54) is 0 Å². The van der Waals surface area contributed by atoms with Crippen LogP contribution in [0, 0.1) is 12.8 Å². The maximum Gasteiger partial charge on any atom is 0.261 e. The van der Waals surface area contributed by atoms with Crippen LogP contribution in [0.3, 0.4) is 0 Å². The molecule has 0 unspecified atom stereocenters. The third-order valence-corrected chi connectivity index (χ3v) is 5.18. The summed E-state index contributed by atoms with van der Waals surface area (Å²) in [5.74, 6) is 0.979. The van der Waals surface area contributed by atoms with Crippen molar-refractivity contribution in [2.24, 2.45) is 5.92 Å². The Labute approximate surface area is 185 Å². The van der Waals surface area contributed by atoms with Crippen LogP contribution in [0.15, 0.2) is 42.5 Å². The van der Waals surface area contributed by atoms with Gasteiger partial charge in [-0.05, 0) is 25.0 Å². The van der Waals surface area contributed by atoms with Crippen molar-refractivity contribution in [2.75, 3.05) is 12.0 Å². The highest BCUT2D eigenvalue weighted by atomic mass is 32.2. The number of aryl methyl sites for hydroxylation is 1. The van der Waals surface area contributed by atoms with Crippen LogP contribution in [0.2, 0.25) is 0 Å². The number of nitrogen functional groups attached to an aromatic ring is 1. The number of rotatable bonds is 4. The first-order valence-corrected chi connectivity index (χ1v) is 12.3. The Kier molecular flexibility index (Phi) is 6.73. The minimum atomic E-state index is -3.67. The van der Waals surface area contributed by atoms with E-state index in [1.807, 2.05) is 41.8 Å². The number of thiazole rings is 1. The number of nitrogens with zero attached hydrogens (tertiary/aromatic N) is 4. The molecule has 0 atom stereocenters. The number of anilines is 1. The molecule has 0 bridgehead atoms. The minimum Gasteiger partial charge on any atom is -0.369 e. The van der Waals surface area contributed by atoms with Crippen molar-refractivity contribution in [3.8, 4) is 21.8 Å². The molecule has 0 fully saturated rings.